The van der Waals surface area contributed by atoms with Crippen molar-refractivity contribution in [3.05, 3.63) is 95.1 Å². The second kappa shape index (κ2) is 7.14. The summed E-state index contributed by atoms with van der Waals surface area (Å²) in [5.74, 6) is -1.98. The molecule has 1 aliphatic heterocycles. The van der Waals surface area contributed by atoms with E-state index in [0.29, 0.717) is 0 Å². The number of fused-ring (bicyclic) bond motifs is 1. The van der Waals surface area contributed by atoms with Crippen LogP contribution in [0.3, 0.4) is 0 Å². The fourth-order valence-electron chi connectivity index (χ4n) is 3.27. The van der Waals surface area contributed by atoms with Crippen LogP contribution in [0.15, 0.2) is 72.8 Å². The number of anilines is 2. The van der Waals surface area contributed by atoms with E-state index in [9.17, 15) is 27.6 Å². The Labute approximate surface area is 168 Å². The average Bonchev–Trinajstić information content (AvgIpc) is 2.98. The van der Waals surface area contributed by atoms with Crippen LogP contribution in [0.1, 0.15) is 36.6 Å². The van der Waals surface area contributed by atoms with Gasteiger partial charge in [0.25, 0.3) is 17.7 Å². The van der Waals surface area contributed by atoms with Crippen LogP contribution in [0.2, 0.25) is 0 Å². The van der Waals surface area contributed by atoms with Crippen molar-refractivity contribution in [2.75, 3.05) is 10.2 Å². The van der Waals surface area contributed by atoms with Crippen LogP contribution in [0.25, 0.3) is 0 Å². The monoisotopic (exact) mass is 410 g/mol. The number of nitrogens with one attached hydrogen (secondary N) is 1. The molecule has 30 heavy (non-hydrogen) atoms. The third kappa shape index (κ3) is 3.32. The number of hydrogen-bond acceptors (Lipinski definition) is 3. The molecule has 0 saturated carbocycles. The fraction of sp³-hybridized carbons (Fsp3) is 0.0455. The highest BCUT2D eigenvalue weighted by molar-refractivity contribution is 6.34. The number of halogens is 3. The molecule has 1 N–H and O–H groups in total. The number of carbonyl (C=O) groups excluding carboxylic acids is 3. The minimum atomic E-state index is -4.68. The summed E-state index contributed by atoms with van der Waals surface area (Å²) in [5, 5.41) is 2.40. The summed E-state index contributed by atoms with van der Waals surface area (Å²) in [6.45, 7) is 0. The first-order chi connectivity index (χ1) is 14.3. The Balaban J connectivity index is 1.63. The van der Waals surface area contributed by atoms with Crippen LogP contribution < -0.4 is 10.2 Å². The van der Waals surface area contributed by atoms with Crippen molar-refractivity contribution in [1.29, 1.82) is 0 Å². The summed E-state index contributed by atoms with van der Waals surface area (Å²) in [7, 11) is 0. The lowest BCUT2D eigenvalue weighted by Crippen LogP contribution is -2.29. The maximum Gasteiger partial charge on any atom is 0.417 e. The molecule has 0 unspecified atom stereocenters. The van der Waals surface area contributed by atoms with E-state index >= 15 is 0 Å². The Hall–Kier alpha value is -3.94. The van der Waals surface area contributed by atoms with Gasteiger partial charge in [0.1, 0.15) is 0 Å². The van der Waals surface area contributed by atoms with Crippen LogP contribution >= 0.6 is 0 Å². The van der Waals surface area contributed by atoms with Gasteiger partial charge in [-0.15, -0.1) is 0 Å². The zero-order chi connectivity index (χ0) is 21.5. The minimum Gasteiger partial charge on any atom is -0.322 e. The molecule has 5 nitrogen and oxygen atoms in total. The quantitative estimate of drug-likeness (QED) is 0.634. The SMILES string of the molecule is O=C(Nc1cccc(N2C(=O)c3ccccc3C2=O)c1)c1ccccc1C(F)(F)F. The maximum atomic E-state index is 13.2. The van der Waals surface area contributed by atoms with Crippen molar-refractivity contribution >= 4 is 29.1 Å². The first-order valence-corrected chi connectivity index (χ1v) is 8.83. The number of amides is 3. The molecule has 0 fully saturated rings. The molecular formula is C22H13F3N2O3. The molecule has 0 aromatic heterocycles. The van der Waals surface area contributed by atoms with E-state index in [1.807, 2.05) is 0 Å². The third-order valence-electron chi connectivity index (χ3n) is 4.63. The van der Waals surface area contributed by atoms with E-state index in [0.717, 1.165) is 17.0 Å². The highest BCUT2D eigenvalue weighted by Gasteiger charge is 2.37. The van der Waals surface area contributed by atoms with Crippen molar-refractivity contribution in [2.24, 2.45) is 0 Å². The van der Waals surface area contributed by atoms with Crippen molar-refractivity contribution in [3.8, 4) is 0 Å². The van der Waals surface area contributed by atoms with Gasteiger partial charge in [0.05, 0.1) is 27.9 Å². The highest BCUT2D eigenvalue weighted by Crippen LogP contribution is 2.33. The predicted octanol–water partition coefficient (Wildman–Crippen LogP) is 4.76. The number of alkyl halides is 3. The van der Waals surface area contributed by atoms with Gasteiger partial charge in [0, 0.05) is 5.69 Å². The lowest BCUT2D eigenvalue weighted by molar-refractivity contribution is -0.137. The molecule has 0 radical (unpaired) electrons. The Morgan fingerprint density at radius 3 is 2.03 bits per heavy atom. The molecule has 0 aliphatic carbocycles. The lowest BCUT2D eigenvalue weighted by Gasteiger charge is -2.16. The van der Waals surface area contributed by atoms with Crippen LogP contribution in [-0.2, 0) is 6.18 Å². The van der Waals surface area contributed by atoms with Gasteiger partial charge in [-0.3, -0.25) is 14.4 Å². The van der Waals surface area contributed by atoms with Crippen LogP contribution in [-0.4, -0.2) is 17.7 Å². The largest absolute Gasteiger partial charge is 0.417 e. The molecule has 1 aliphatic rings. The minimum absolute atomic E-state index is 0.144. The fourth-order valence-corrected chi connectivity index (χ4v) is 3.27. The molecule has 4 rings (SSSR count). The van der Waals surface area contributed by atoms with Gasteiger partial charge in [-0.1, -0.05) is 30.3 Å². The van der Waals surface area contributed by atoms with Crippen LogP contribution in [0, 0.1) is 0 Å². The first-order valence-electron chi connectivity index (χ1n) is 8.83. The maximum absolute atomic E-state index is 13.2. The van der Waals surface area contributed by atoms with Gasteiger partial charge in [-0.2, -0.15) is 13.2 Å². The summed E-state index contributed by atoms with van der Waals surface area (Å²) in [4.78, 5) is 38.6. The molecule has 150 valence electrons. The third-order valence-corrected chi connectivity index (χ3v) is 4.63. The van der Waals surface area contributed by atoms with Crippen molar-refractivity contribution < 1.29 is 27.6 Å². The molecule has 3 amide bonds. The summed E-state index contributed by atoms with van der Waals surface area (Å²) in [6.07, 6.45) is -4.68. The molecule has 3 aromatic carbocycles. The molecule has 3 aromatic rings. The molecule has 1 heterocycles. The predicted molar refractivity (Wildman–Crippen MR) is 103 cm³/mol. The molecule has 8 heteroatoms. The lowest BCUT2D eigenvalue weighted by atomic mass is 10.1. The summed E-state index contributed by atoms with van der Waals surface area (Å²) >= 11 is 0. The number of benzene rings is 3. The second-order valence-electron chi connectivity index (χ2n) is 6.54. The number of hydrogen-bond donors (Lipinski definition) is 1. The normalized spacial score (nSPS) is 13.4. The van der Waals surface area contributed by atoms with Crippen LogP contribution in [0.4, 0.5) is 24.5 Å². The standard InChI is InChI=1S/C22H13F3N2O3/c23-22(24,25)18-11-4-3-10-17(18)19(28)26-13-6-5-7-14(12-13)27-20(29)15-8-1-2-9-16(15)21(27)30/h1-12H,(H,26,28). The molecular weight excluding hydrogens is 397 g/mol. The van der Waals surface area contributed by atoms with Crippen molar-refractivity contribution in [1.82, 2.24) is 0 Å². The van der Waals surface area contributed by atoms with E-state index in [1.54, 1.807) is 12.1 Å². The summed E-state index contributed by atoms with van der Waals surface area (Å²) in [5.41, 5.74) is -0.726. The topological polar surface area (TPSA) is 66.5 Å². The Bertz CT molecular complexity index is 1150. The zero-order valence-corrected chi connectivity index (χ0v) is 15.2. The van der Waals surface area contributed by atoms with Gasteiger partial charge in [-0.25, -0.2) is 4.90 Å². The number of rotatable bonds is 3. The smallest absolute Gasteiger partial charge is 0.322 e. The Morgan fingerprint density at radius 1 is 0.800 bits per heavy atom. The van der Waals surface area contributed by atoms with E-state index in [-0.39, 0.29) is 22.5 Å². The first kappa shape index (κ1) is 19.4. The van der Waals surface area contributed by atoms with E-state index < -0.39 is 35.0 Å². The molecule has 0 atom stereocenters. The molecule has 0 saturated heterocycles. The van der Waals surface area contributed by atoms with Gasteiger partial charge < -0.3 is 5.32 Å². The van der Waals surface area contributed by atoms with Gasteiger partial charge >= 0.3 is 6.18 Å². The van der Waals surface area contributed by atoms with Crippen molar-refractivity contribution in [2.45, 2.75) is 6.18 Å². The number of nitrogens with zero attached hydrogens (tertiary/aromatic N) is 1. The number of carbonyl (C=O) groups is 3. The number of imide groups is 1. The van der Waals surface area contributed by atoms with Gasteiger partial charge in [0.15, 0.2) is 0 Å². The summed E-state index contributed by atoms with van der Waals surface area (Å²) < 4.78 is 39.5. The van der Waals surface area contributed by atoms with E-state index in [1.165, 1.54) is 48.5 Å². The van der Waals surface area contributed by atoms with E-state index in [4.69, 9.17) is 0 Å². The van der Waals surface area contributed by atoms with Gasteiger partial charge in [0.2, 0.25) is 0 Å². The van der Waals surface area contributed by atoms with Crippen LogP contribution in [0.5, 0.6) is 0 Å². The zero-order valence-electron chi connectivity index (χ0n) is 15.2. The second-order valence-corrected chi connectivity index (χ2v) is 6.54. The Morgan fingerprint density at radius 2 is 1.40 bits per heavy atom. The Kier molecular flexibility index (Phi) is 4.62. The summed E-state index contributed by atoms with van der Waals surface area (Å²) in [6, 6.07) is 16.6. The van der Waals surface area contributed by atoms with Crippen molar-refractivity contribution in [3.63, 3.8) is 0 Å². The highest BCUT2D eigenvalue weighted by atomic mass is 19.4. The molecule has 0 bridgehead atoms. The van der Waals surface area contributed by atoms with Gasteiger partial charge in [-0.05, 0) is 42.5 Å². The molecule has 0 spiro atoms. The van der Waals surface area contributed by atoms with E-state index in [2.05, 4.69) is 5.32 Å². The average molecular weight is 410 g/mol.